The third-order valence-corrected chi connectivity index (χ3v) is 4.40. The highest BCUT2D eigenvalue weighted by Gasteiger charge is 2.22. The number of fused-ring (bicyclic) bond motifs is 1. The molecule has 0 amide bonds. The van der Waals surface area contributed by atoms with E-state index in [2.05, 4.69) is 19.6 Å². The molecule has 94 valence electrons. The standard InChI is InChI=1S/C14H17NO2Si/c1-18(2,3)9-12-11-6-4-5-7-13(11)15(10-17)14(12)8-16/h4-8,10H,9H2,1-3H3. The van der Waals surface area contributed by atoms with Gasteiger partial charge in [-0.25, -0.2) is 0 Å². The fourth-order valence-electron chi connectivity index (χ4n) is 2.31. The van der Waals surface area contributed by atoms with Crippen LogP contribution in [0.2, 0.25) is 19.6 Å². The van der Waals surface area contributed by atoms with Crippen LogP contribution in [-0.4, -0.2) is 25.3 Å². The number of hydrogen-bond donors (Lipinski definition) is 0. The van der Waals surface area contributed by atoms with E-state index in [1.165, 1.54) is 4.57 Å². The summed E-state index contributed by atoms with van der Waals surface area (Å²) in [5.74, 6) is 0. The minimum Gasteiger partial charge on any atom is -0.296 e. The van der Waals surface area contributed by atoms with Crippen molar-refractivity contribution in [2.75, 3.05) is 0 Å². The fraction of sp³-hybridized carbons (Fsp3) is 0.286. The second-order valence-electron chi connectivity index (χ2n) is 5.71. The number of carbonyl (C=O) groups excluding carboxylic acids is 2. The van der Waals surface area contributed by atoms with Crippen LogP contribution >= 0.6 is 0 Å². The van der Waals surface area contributed by atoms with Crippen molar-refractivity contribution < 1.29 is 9.59 Å². The zero-order chi connectivity index (χ0) is 13.3. The van der Waals surface area contributed by atoms with Gasteiger partial charge in [-0.15, -0.1) is 0 Å². The van der Waals surface area contributed by atoms with Gasteiger partial charge in [0.25, 0.3) is 0 Å². The molecule has 0 radical (unpaired) electrons. The van der Waals surface area contributed by atoms with Crippen molar-refractivity contribution >= 4 is 31.7 Å². The molecule has 0 spiro atoms. The number of nitrogens with zero attached hydrogens (tertiary/aromatic N) is 1. The summed E-state index contributed by atoms with van der Waals surface area (Å²) in [6.07, 6.45) is 1.52. The van der Waals surface area contributed by atoms with Crippen LogP contribution in [0.4, 0.5) is 0 Å². The van der Waals surface area contributed by atoms with Crippen molar-refractivity contribution in [3.05, 3.63) is 35.5 Å². The van der Waals surface area contributed by atoms with Crippen LogP contribution in [0.1, 0.15) is 16.1 Å². The molecular formula is C14H17NO2Si. The Bertz CT molecular complexity index is 608. The van der Waals surface area contributed by atoms with Crippen LogP contribution in [0, 0.1) is 0 Å². The monoisotopic (exact) mass is 259 g/mol. The molecule has 0 saturated carbocycles. The van der Waals surface area contributed by atoms with Gasteiger partial charge in [-0.05, 0) is 17.7 Å². The van der Waals surface area contributed by atoms with Crippen molar-refractivity contribution in [1.82, 2.24) is 4.57 Å². The fourth-order valence-corrected chi connectivity index (χ4v) is 3.74. The quantitative estimate of drug-likeness (QED) is 0.625. The summed E-state index contributed by atoms with van der Waals surface area (Å²) < 4.78 is 1.46. The Morgan fingerprint density at radius 1 is 1.17 bits per heavy atom. The third kappa shape index (κ3) is 2.16. The maximum atomic E-state index is 11.3. The molecule has 1 aromatic carbocycles. The van der Waals surface area contributed by atoms with Crippen LogP contribution in [0.25, 0.3) is 10.9 Å². The predicted octanol–water partition coefficient (Wildman–Crippen LogP) is 2.91. The van der Waals surface area contributed by atoms with Crippen molar-refractivity contribution in [1.29, 1.82) is 0 Å². The summed E-state index contributed by atoms with van der Waals surface area (Å²) in [6, 6.07) is 8.60. The number of rotatable bonds is 4. The number of carbonyl (C=O) groups is 2. The van der Waals surface area contributed by atoms with E-state index in [-0.39, 0.29) is 0 Å². The summed E-state index contributed by atoms with van der Waals surface area (Å²) in [6.45, 7) is 6.78. The summed E-state index contributed by atoms with van der Waals surface area (Å²) in [7, 11) is -1.35. The highest BCUT2D eigenvalue weighted by molar-refractivity contribution is 6.75. The highest BCUT2D eigenvalue weighted by Crippen LogP contribution is 2.27. The molecule has 0 atom stereocenters. The molecule has 0 unspecified atom stereocenters. The predicted molar refractivity (Wildman–Crippen MR) is 76.5 cm³/mol. The smallest absolute Gasteiger partial charge is 0.218 e. The van der Waals surface area contributed by atoms with Crippen LogP contribution < -0.4 is 0 Å². The van der Waals surface area contributed by atoms with E-state index >= 15 is 0 Å². The van der Waals surface area contributed by atoms with Crippen LogP contribution in [0.5, 0.6) is 0 Å². The van der Waals surface area contributed by atoms with Crippen molar-refractivity contribution in [2.24, 2.45) is 0 Å². The lowest BCUT2D eigenvalue weighted by atomic mass is 10.1. The van der Waals surface area contributed by atoms with Crippen LogP contribution in [-0.2, 0) is 10.8 Å². The lowest BCUT2D eigenvalue weighted by Gasteiger charge is -2.15. The Hall–Kier alpha value is -1.68. The van der Waals surface area contributed by atoms with Gasteiger partial charge >= 0.3 is 0 Å². The lowest BCUT2D eigenvalue weighted by molar-refractivity contribution is 0.111. The molecule has 0 bridgehead atoms. The first-order valence-electron chi connectivity index (χ1n) is 6.00. The summed E-state index contributed by atoms with van der Waals surface area (Å²) in [5, 5.41) is 1.02. The Labute approximate surface area is 107 Å². The molecule has 1 aromatic heterocycles. The van der Waals surface area contributed by atoms with Gasteiger partial charge in [0.15, 0.2) is 6.29 Å². The van der Waals surface area contributed by atoms with Crippen LogP contribution in [0.3, 0.4) is 0 Å². The molecule has 0 fully saturated rings. The van der Waals surface area contributed by atoms with E-state index < -0.39 is 8.07 Å². The van der Waals surface area contributed by atoms with E-state index in [9.17, 15) is 9.59 Å². The molecule has 0 aliphatic heterocycles. The van der Waals surface area contributed by atoms with Crippen molar-refractivity contribution in [3.8, 4) is 0 Å². The van der Waals surface area contributed by atoms with Crippen LogP contribution in [0.15, 0.2) is 24.3 Å². The summed E-state index contributed by atoms with van der Waals surface area (Å²) in [4.78, 5) is 22.5. The molecule has 0 N–H and O–H groups in total. The zero-order valence-electron chi connectivity index (χ0n) is 10.9. The third-order valence-electron chi connectivity index (χ3n) is 2.98. The first kappa shape index (κ1) is 12.8. The lowest BCUT2D eigenvalue weighted by Crippen LogP contribution is -2.24. The average Bonchev–Trinajstić information content (AvgIpc) is 2.61. The first-order valence-corrected chi connectivity index (χ1v) is 9.71. The second kappa shape index (κ2) is 4.53. The molecule has 2 aromatic rings. The zero-order valence-corrected chi connectivity index (χ0v) is 11.9. The molecule has 18 heavy (non-hydrogen) atoms. The van der Waals surface area contributed by atoms with E-state index in [1.54, 1.807) is 0 Å². The molecule has 2 rings (SSSR count). The molecule has 0 aliphatic carbocycles. The van der Waals surface area contributed by atoms with Crippen molar-refractivity contribution in [3.63, 3.8) is 0 Å². The van der Waals surface area contributed by atoms with Gasteiger partial charge in [-0.3, -0.25) is 14.2 Å². The Kier molecular flexibility index (Phi) is 3.21. The number of hydrogen-bond acceptors (Lipinski definition) is 2. The van der Waals surface area contributed by atoms with Crippen molar-refractivity contribution in [2.45, 2.75) is 25.7 Å². The Morgan fingerprint density at radius 2 is 1.83 bits per heavy atom. The molecule has 0 saturated heterocycles. The minimum absolute atomic E-state index is 0.508. The maximum absolute atomic E-state index is 11.3. The number of aldehydes is 1. The normalized spacial score (nSPS) is 11.7. The highest BCUT2D eigenvalue weighted by atomic mass is 28.3. The Morgan fingerprint density at radius 3 is 2.39 bits per heavy atom. The topological polar surface area (TPSA) is 39.1 Å². The second-order valence-corrected chi connectivity index (χ2v) is 11.2. The summed E-state index contributed by atoms with van der Waals surface area (Å²) in [5.41, 5.74) is 2.35. The molecule has 0 aliphatic rings. The van der Waals surface area contributed by atoms with Gasteiger partial charge in [0.1, 0.15) is 0 Å². The van der Waals surface area contributed by atoms with E-state index in [4.69, 9.17) is 0 Å². The number of para-hydroxylation sites is 1. The molecule has 1 heterocycles. The van der Waals surface area contributed by atoms with Gasteiger partial charge in [0.2, 0.25) is 6.41 Å². The average molecular weight is 259 g/mol. The minimum atomic E-state index is -1.35. The molecule has 4 heteroatoms. The van der Waals surface area contributed by atoms with Gasteiger partial charge < -0.3 is 0 Å². The van der Waals surface area contributed by atoms with Gasteiger partial charge in [0, 0.05) is 13.5 Å². The molecule has 3 nitrogen and oxygen atoms in total. The largest absolute Gasteiger partial charge is 0.296 e. The maximum Gasteiger partial charge on any atom is 0.218 e. The van der Waals surface area contributed by atoms with E-state index in [0.717, 1.165) is 35.2 Å². The molecular weight excluding hydrogens is 242 g/mol. The van der Waals surface area contributed by atoms with E-state index in [0.29, 0.717) is 5.69 Å². The van der Waals surface area contributed by atoms with Gasteiger partial charge in [-0.2, -0.15) is 0 Å². The Balaban J connectivity index is 2.77. The number of benzene rings is 1. The van der Waals surface area contributed by atoms with Gasteiger partial charge in [0.05, 0.1) is 11.2 Å². The SMILES string of the molecule is C[Si](C)(C)Cc1c(C=O)n(C=O)c2ccccc12. The first-order chi connectivity index (χ1) is 8.48. The number of aromatic nitrogens is 1. The summed E-state index contributed by atoms with van der Waals surface area (Å²) >= 11 is 0. The van der Waals surface area contributed by atoms with E-state index in [1.807, 2.05) is 24.3 Å². The van der Waals surface area contributed by atoms with Gasteiger partial charge in [-0.1, -0.05) is 37.8 Å².